The van der Waals surface area contributed by atoms with E-state index in [1.807, 2.05) is 16.8 Å². The number of aromatic nitrogens is 1. The van der Waals surface area contributed by atoms with Crippen molar-refractivity contribution >= 4 is 28.2 Å². The number of nitrogens with zero attached hydrogens (tertiary/aromatic N) is 3. The van der Waals surface area contributed by atoms with Crippen molar-refractivity contribution < 1.29 is 4.79 Å². The fourth-order valence-corrected chi connectivity index (χ4v) is 3.25. The van der Waals surface area contributed by atoms with Crippen LogP contribution in [0.2, 0.25) is 0 Å². The Labute approximate surface area is 123 Å². The number of hydrogen-bond acceptors (Lipinski definition) is 6. The highest BCUT2D eigenvalue weighted by Gasteiger charge is 2.26. The molecule has 0 unspecified atom stereocenters. The van der Waals surface area contributed by atoms with Gasteiger partial charge in [0.05, 0.1) is 0 Å². The summed E-state index contributed by atoms with van der Waals surface area (Å²) in [7, 11) is 1.97. The van der Waals surface area contributed by atoms with Crippen molar-refractivity contribution in [1.29, 1.82) is 0 Å². The molecule has 20 heavy (non-hydrogen) atoms. The van der Waals surface area contributed by atoms with Crippen molar-refractivity contribution in [3.05, 3.63) is 4.88 Å². The van der Waals surface area contributed by atoms with Crippen molar-refractivity contribution in [2.45, 2.75) is 32.2 Å². The zero-order valence-corrected chi connectivity index (χ0v) is 12.9. The number of thiazole rings is 1. The Balaban J connectivity index is 2.10. The number of hydrogen-bond donors (Lipinski definition) is 2. The Morgan fingerprint density at radius 3 is 2.75 bits per heavy atom. The summed E-state index contributed by atoms with van der Waals surface area (Å²) < 4.78 is 0. The molecule has 4 N–H and O–H groups in total. The lowest BCUT2D eigenvalue weighted by Gasteiger charge is -2.29. The number of likely N-dealkylation sites (tertiary alicyclic amines) is 1. The summed E-state index contributed by atoms with van der Waals surface area (Å²) >= 11 is 1.38. The number of amides is 1. The molecule has 0 spiro atoms. The lowest BCUT2D eigenvalue weighted by molar-refractivity contribution is 0.0720. The summed E-state index contributed by atoms with van der Waals surface area (Å²) in [6.45, 7) is 4.42. The Kier molecular flexibility index (Phi) is 4.82. The topological polar surface area (TPSA) is 88.5 Å². The van der Waals surface area contributed by atoms with Crippen LogP contribution in [-0.2, 0) is 0 Å². The van der Waals surface area contributed by atoms with Crippen molar-refractivity contribution in [1.82, 2.24) is 9.88 Å². The van der Waals surface area contributed by atoms with Crippen LogP contribution in [0, 0.1) is 0 Å². The van der Waals surface area contributed by atoms with Crippen LogP contribution in [0.5, 0.6) is 0 Å². The number of nitrogens with two attached hydrogens (primary N) is 2. The molecule has 1 saturated heterocycles. The van der Waals surface area contributed by atoms with Crippen LogP contribution < -0.4 is 16.4 Å². The van der Waals surface area contributed by atoms with Crippen LogP contribution >= 0.6 is 11.3 Å². The van der Waals surface area contributed by atoms with Gasteiger partial charge in [-0.25, -0.2) is 4.98 Å². The highest BCUT2D eigenvalue weighted by Crippen LogP contribution is 2.29. The van der Waals surface area contributed by atoms with Crippen LogP contribution in [0.3, 0.4) is 0 Å². The Morgan fingerprint density at radius 2 is 2.15 bits per heavy atom. The van der Waals surface area contributed by atoms with E-state index in [0.29, 0.717) is 23.8 Å². The van der Waals surface area contributed by atoms with Crippen LogP contribution in [0.1, 0.15) is 35.9 Å². The van der Waals surface area contributed by atoms with Gasteiger partial charge in [-0.2, -0.15) is 0 Å². The molecule has 1 amide bonds. The van der Waals surface area contributed by atoms with Gasteiger partial charge < -0.3 is 21.3 Å². The molecule has 1 aliphatic rings. The van der Waals surface area contributed by atoms with Gasteiger partial charge in [-0.1, -0.05) is 18.3 Å². The molecule has 0 bridgehead atoms. The van der Waals surface area contributed by atoms with Gasteiger partial charge in [0.1, 0.15) is 10.7 Å². The van der Waals surface area contributed by atoms with E-state index >= 15 is 0 Å². The van der Waals surface area contributed by atoms with Crippen LogP contribution in [0.25, 0.3) is 0 Å². The molecule has 2 rings (SSSR count). The molecule has 1 aromatic heterocycles. The zero-order valence-electron chi connectivity index (χ0n) is 12.1. The molecule has 0 radical (unpaired) electrons. The summed E-state index contributed by atoms with van der Waals surface area (Å²) in [4.78, 5) is 21.2. The van der Waals surface area contributed by atoms with E-state index in [0.717, 1.165) is 30.9 Å². The molecule has 2 heterocycles. The Hall–Kier alpha value is -1.34. The predicted molar refractivity (Wildman–Crippen MR) is 83.2 cm³/mol. The molecule has 0 aromatic carbocycles. The number of rotatable bonds is 4. The fourth-order valence-electron chi connectivity index (χ4n) is 2.31. The maximum atomic E-state index is 12.5. The minimum Gasteiger partial charge on any atom is -0.382 e. The van der Waals surface area contributed by atoms with Gasteiger partial charge in [-0.15, -0.1) is 0 Å². The molecular formula is C13H23N5OS. The standard InChI is InChI=1S/C13H23N5OS/c1-3-6-17(2)13-16-11(15)10(20-13)12(19)18-7-4-9(14)5-8-18/h9H,3-8,14-15H2,1-2H3. The normalized spacial score (nSPS) is 16.4. The van der Waals surface area contributed by atoms with Gasteiger partial charge in [-0.05, 0) is 19.3 Å². The number of carbonyl (C=O) groups excluding carboxylic acids is 1. The van der Waals surface area contributed by atoms with Gasteiger partial charge in [0.25, 0.3) is 5.91 Å². The number of piperidine rings is 1. The molecule has 0 saturated carbocycles. The van der Waals surface area contributed by atoms with E-state index in [9.17, 15) is 4.79 Å². The largest absolute Gasteiger partial charge is 0.382 e. The van der Waals surface area contributed by atoms with Gasteiger partial charge in [-0.3, -0.25) is 4.79 Å². The van der Waals surface area contributed by atoms with Crippen molar-refractivity contribution in [2.24, 2.45) is 5.73 Å². The molecule has 0 aliphatic carbocycles. The summed E-state index contributed by atoms with van der Waals surface area (Å²) in [6.07, 6.45) is 2.74. The number of anilines is 2. The lowest BCUT2D eigenvalue weighted by atomic mass is 10.1. The molecule has 0 atom stereocenters. The highest BCUT2D eigenvalue weighted by atomic mass is 32.1. The Morgan fingerprint density at radius 1 is 1.50 bits per heavy atom. The molecule has 1 fully saturated rings. The van der Waals surface area contributed by atoms with Gasteiger partial charge in [0.2, 0.25) is 0 Å². The minimum absolute atomic E-state index is 0.0111. The lowest BCUT2D eigenvalue weighted by Crippen LogP contribution is -2.42. The molecule has 7 heteroatoms. The summed E-state index contributed by atoms with van der Waals surface area (Å²) in [6, 6.07) is 0.212. The number of nitrogen functional groups attached to an aromatic ring is 1. The van der Waals surface area contributed by atoms with E-state index in [1.54, 1.807) is 0 Å². The first-order chi connectivity index (χ1) is 9.52. The summed E-state index contributed by atoms with van der Waals surface area (Å²) in [5.74, 6) is 0.330. The van der Waals surface area contributed by atoms with Crippen molar-refractivity contribution in [2.75, 3.05) is 37.3 Å². The quantitative estimate of drug-likeness (QED) is 0.870. The average Bonchev–Trinajstić information content (AvgIpc) is 2.81. The third kappa shape index (κ3) is 3.21. The molecule has 1 aromatic rings. The minimum atomic E-state index is -0.0111. The molecule has 112 valence electrons. The van der Waals surface area contributed by atoms with Gasteiger partial charge >= 0.3 is 0 Å². The molecule has 6 nitrogen and oxygen atoms in total. The van der Waals surface area contributed by atoms with E-state index in [2.05, 4.69) is 11.9 Å². The van der Waals surface area contributed by atoms with Crippen LogP contribution in [-0.4, -0.2) is 48.5 Å². The Bertz CT molecular complexity index is 467. The maximum absolute atomic E-state index is 12.5. The maximum Gasteiger partial charge on any atom is 0.267 e. The zero-order chi connectivity index (χ0) is 14.7. The SMILES string of the molecule is CCCN(C)c1nc(N)c(C(=O)N2CCC(N)CC2)s1. The van der Waals surface area contributed by atoms with Gasteiger partial charge in [0, 0.05) is 32.7 Å². The van der Waals surface area contributed by atoms with Crippen LogP contribution in [0.4, 0.5) is 10.9 Å². The smallest absolute Gasteiger partial charge is 0.267 e. The summed E-state index contributed by atoms with van der Waals surface area (Å²) in [5.41, 5.74) is 11.8. The molecular weight excluding hydrogens is 274 g/mol. The third-order valence-corrected chi connectivity index (χ3v) is 4.72. The van der Waals surface area contributed by atoms with E-state index in [4.69, 9.17) is 11.5 Å². The monoisotopic (exact) mass is 297 g/mol. The fraction of sp³-hybridized carbons (Fsp3) is 0.692. The van der Waals surface area contributed by atoms with Crippen molar-refractivity contribution in [3.63, 3.8) is 0 Å². The second-order valence-corrected chi connectivity index (χ2v) is 6.24. The van der Waals surface area contributed by atoms with E-state index in [-0.39, 0.29) is 11.9 Å². The first kappa shape index (κ1) is 15.1. The second kappa shape index (κ2) is 6.41. The first-order valence-electron chi connectivity index (χ1n) is 7.05. The molecule has 1 aliphatic heterocycles. The van der Waals surface area contributed by atoms with Crippen molar-refractivity contribution in [3.8, 4) is 0 Å². The predicted octanol–water partition coefficient (Wildman–Crippen LogP) is 1.13. The van der Waals surface area contributed by atoms with Crippen LogP contribution in [0.15, 0.2) is 0 Å². The van der Waals surface area contributed by atoms with Gasteiger partial charge in [0.15, 0.2) is 5.13 Å². The summed E-state index contributed by atoms with van der Waals surface area (Å²) in [5, 5.41) is 0.807. The first-order valence-corrected chi connectivity index (χ1v) is 7.86. The second-order valence-electron chi connectivity index (χ2n) is 5.26. The van der Waals surface area contributed by atoms with E-state index in [1.165, 1.54) is 11.3 Å². The van der Waals surface area contributed by atoms with E-state index < -0.39 is 0 Å². The third-order valence-electron chi connectivity index (χ3n) is 3.55. The number of carbonyl (C=O) groups is 1. The average molecular weight is 297 g/mol. The highest BCUT2D eigenvalue weighted by molar-refractivity contribution is 7.18.